The molecule has 6 heteroatoms. The predicted molar refractivity (Wildman–Crippen MR) is 158 cm³/mol. The van der Waals surface area contributed by atoms with Crippen LogP contribution in [0, 0.1) is 34.5 Å². The highest BCUT2D eigenvalue weighted by Gasteiger charge is 2.59. The Kier molecular flexibility index (Phi) is 7.54. The standard InChI is InChI=1S/C34H47N3O3/c1-23(35-40-32(39)25-7-5-24(6-8-25)22-37-19-17-36(4)18-20-37)29-11-12-30-28-10-9-26-21-27(38)13-15-33(26,2)31(28)14-16-34(29,30)3/h5-8,21,28-31H,9-20,22H2,1-4H3/b35-23+. The molecule has 0 bridgehead atoms. The van der Waals surface area contributed by atoms with Crippen LogP contribution in [0.3, 0.4) is 0 Å². The maximum Gasteiger partial charge on any atom is 0.365 e. The van der Waals surface area contributed by atoms with E-state index < -0.39 is 0 Å². The van der Waals surface area contributed by atoms with Gasteiger partial charge in [0.2, 0.25) is 0 Å². The van der Waals surface area contributed by atoms with E-state index in [0.717, 1.165) is 63.6 Å². The molecule has 0 N–H and O–H groups in total. The average molecular weight is 546 g/mol. The number of piperazine rings is 1. The molecule has 0 radical (unpaired) electrons. The number of hydrogen-bond acceptors (Lipinski definition) is 6. The van der Waals surface area contributed by atoms with Crippen molar-refractivity contribution in [3.05, 3.63) is 47.0 Å². The lowest BCUT2D eigenvalue weighted by atomic mass is 9.46. The first-order chi connectivity index (χ1) is 19.2. The topological polar surface area (TPSA) is 62.2 Å². The second-order valence-corrected chi connectivity index (χ2v) is 14.0. The highest BCUT2D eigenvalue weighted by atomic mass is 16.7. The van der Waals surface area contributed by atoms with E-state index in [-0.39, 0.29) is 16.8 Å². The smallest absolute Gasteiger partial charge is 0.313 e. The van der Waals surface area contributed by atoms with E-state index in [4.69, 9.17) is 4.84 Å². The zero-order chi connectivity index (χ0) is 28.1. The molecule has 6 unspecified atom stereocenters. The molecule has 0 spiro atoms. The normalized spacial score (nSPS) is 36.9. The summed E-state index contributed by atoms with van der Waals surface area (Å²) in [6, 6.07) is 7.83. The largest absolute Gasteiger partial charge is 0.365 e. The zero-order valence-corrected chi connectivity index (χ0v) is 25.0. The lowest BCUT2D eigenvalue weighted by Gasteiger charge is -2.58. The van der Waals surface area contributed by atoms with Gasteiger partial charge in [-0.2, -0.15) is 0 Å². The van der Waals surface area contributed by atoms with Crippen LogP contribution in [-0.2, 0) is 16.2 Å². The fourth-order valence-corrected chi connectivity index (χ4v) is 9.49. The van der Waals surface area contributed by atoms with Gasteiger partial charge in [0.1, 0.15) is 0 Å². The van der Waals surface area contributed by atoms with Crippen molar-refractivity contribution in [2.45, 2.75) is 78.7 Å². The van der Waals surface area contributed by atoms with Gasteiger partial charge in [0.25, 0.3) is 0 Å². The van der Waals surface area contributed by atoms with Crippen LogP contribution in [0.25, 0.3) is 0 Å². The van der Waals surface area contributed by atoms with Gasteiger partial charge < -0.3 is 9.74 Å². The zero-order valence-electron chi connectivity index (χ0n) is 25.0. The molecule has 216 valence electrons. The molecule has 4 aliphatic carbocycles. The molecule has 6 nitrogen and oxygen atoms in total. The van der Waals surface area contributed by atoms with Crippen LogP contribution in [0.1, 0.15) is 88.1 Å². The summed E-state index contributed by atoms with van der Waals surface area (Å²) in [7, 11) is 2.17. The number of rotatable bonds is 5. The van der Waals surface area contributed by atoms with Crippen molar-refractivity contribution in [2.24, 2.45) is 39.7 Å². The molecule has 5 aliphatic rings. The van der Waals surface area contributed by atoms with E-state index in [2.05, 4.69) is 42.8 Å². The Hall–Kier alpha value is -2.31. The molecule has 6 rings (SSSR count). The molecular weight excluding hydrogens is 498 g/mol. The Morgan fingerprint density at radius 1 is 0.975 bits per heavy atom. The summed E-state index contributed by atoms with van der Waals surface area (Å²) in [4.78, 5) is 35.4. The third kappa shape index (κ3) is 5.00. The second-order valence-electron chi connectivity index (χ2n) is 14.0. The summed E-state index contributed by atoms with van der Waals surface area (Å²) in [5, 5.41) is 4.44. The first-order valence-corrected chi connectivity index (χ1v) is 15.7. The molecule has 1 aromatic rings. The van der Waals surface area contributed by atoms with Gasteiger partial charge in [-0.1, -0.05) is 36.7 Å². The number of carbonyl (C=O) groups is 2. The number of ketones is 1. The Morgan fingerprint density at radius 3 is 2.48 bits per heavy atom. The van der Waals surface area contributed by atoms with Crippen molar-refractivity contribution in [1.82, 2.24) is 9.80 Å². The number of likely N-dealkylation sites (N-methyl/N-ethyl adjacent to an activating group) is 1. The molecule has 0 aromatic heterocycles. The van der Waals surface area contributed by atoms with Crippen molar-refractivity contribution in [3.63, 3.8) is 0 Å². The van der Waals surface area contributed by atoms with E-state index in [1.165, 1.54) is 36.8 Å². The van der Waals surface area contributed by atoms with Gasteiger partial charge in [0.05, 0.1) is 11.3 Å². The van der Waals surface area contributed by atoms with Gasteiger partial charge >= 0.3 is 5.97 Å². The van der Waals surface area contributed by atoms with Crippen LogP contribution in [0.4, 0.5) is 0 Å². The maximum absolute atomic E-state index is 12.9. The number of benzene rings is 1. The van der Waals surface area contributed by atoms with Crippen LogP contribution in [-0.4, -0.2) is 60.5 Å². The summed E-state index contributed by atoms with van der Waals surface area (Å²) in [6.07, 6.45) is 10.8. The molecule has 1 aliphatic heterocycles. The number of hydrogen-bond donors (Lipinski definition) is 0. The summed E-state index contributed by atoms with van der Waals surface area (Å²) >= 11 is 0. The first-order valence-electron chi connectivity index (χ1n) is 15.7. The third-order valence-electron chi connectivity index (χ3n) is 11.9. The number of carbonyl (C=O) groups excluding carboxylic acids is 2. The van der Waals surface area contributed by atoms with Gasteiger partial charge in [-0.05, 0) is 111 Å². The number of oxime groups is 1. The maximum atomic E-state index is 12.9. The number of nitrogens with zero attached hydrogens (tertiary/aromatic N) is 3. The molecule has 1 saturated heterocycles. The first kappa shape index (κ1) is 27.8. The number of fused-ring (bicyclic) bond motifs is 5. The minimum atomic E-state index is -0.375. The van der Waals surface area contributed by atoms with Crippen molar-refractivity contribution >= 4 is 17.5 Å². The van der Waals surface area contributed by atoms with E-state index in [9.17, 15) is 9.59 Å². The Bertz CT molecular complexity index is 1200. The summed E-state index contributed by atoms with van der Waals surface area (Å²) in [5.41, 5.74) is 4.58. The van der Waals surface area contributed by atoms with Crippen molar-refractivity contribution < 1.29 is 14.4 Å². The van der Waals surface area contributed by atoms with Gasteiger partial charge in [-0.25, -0.2) is 4.79 Å². The van der Waals surface area contributed by atoms with Crippen molar-refractivity contribution in [2.75, 3.05) is 33.2 Å². The summed E-state index contributed by atoms with van der Waals surface area (Å²) in [6.45, 7) is 12.3. The predicted octanol–water partition coefficient (Wildman–Crippen LogP) is 6.11. The highest BCUT2D eigenvalue weighted by molar-refractivity contribution is 5.92. The van der Waals surface area contributed by atoms with Crippen LogP contribution in [0.2, 0.25) is 0 Å². The second kappa shape index (κ2) is 10.8. The van der Waals surface area contributed by atoms with Crippen molar-refractivity contribution in [3.8, 4) is 0 Å². The lowest BCUT2D eigenvalue weighted by Crippen LogP contribution is -2.51. The van der Waals surface area contributed by atoms with Gasteiger partial charge in [-0.3, -0.25) is 9.69 Å². The minimum absolute atomic E-state index is 0.203. The quantitative estimate of drug-likeness (QED) is 0.254. The van der Waals surface area contributed by atoms with E-state index >= 15 is 0 Å². The summed E-state index contributed by atoms with van der Waals surface area (Å²) in [5.74, 6) is 2.40. The highest BCUT2D eigenvalue weighted by Crippen LogP contribution is 2.66. The molecule has 3 saturated carbocycles. The van der Waals surface area contributed by atoms with Crippen LogP contribution >= 0.6 is 0 Å². The van der Waals surface area contributed by atoms with Gasteiger partial charge in [-0.15, -0.1) is 0 Å². The van der Waals surface area contributed by atoms with Gasteiger partial charge in [0.15, 0.2) is 5.78 Å². The van der Waals surface area contributed by atoms with Crippen LogP contribution in [0.5, 0.6) is 0 Å². The minimum Gasteiger partial charge on any atom is -0.313 e. The SMILES string of the molecule is C/C(=N\OC(=O)c1ccc(CN2CCN(C)CC2)cc1)C1CCC2C3CCC4=CC(=O)CCC4(C)C3CCC12C. The third-order valence-corrected chi connectivity index (χ3v) is 11.9. The summed E-state index contributed by atoms with van der Waals surface area (Å²) < 4.78 is 0. The van der Waals surface area contributed by atoms with E-state index in [1.54, 1.807) is 0 Å². The Morgan fingerprint density at radius 2 is 1.73 bits per heavy atom. The molecular formula is C34H47N3O3. The van der Waals surface area contributed by atoms with E-state index in [1.807, 2.05) is 30.3 Å². The average Bonchev–Trinajstić information content (AvgIpc) is 3.31. The van der Waals surface area contributed by atoms with Crippen molar-refractivity contribution in [1.29, 1.82) is 0 Å². The lowest BCUT2D eigenvalue weighted by molar-refractivity contribution is -0.117. The van der Waals surface area contributed by atoms with Crippen LogP contribution < -0.4 is 0 Å². The molecule has 4 fully saturated rings. The molecule has 1 aromatic carbocycles. The molecule has 1 heterocycles. The fourth-order valence-electron chi connectivity index (χ4n) is 9.49. The molecule has 40 heavy (non-hydrogen) atoms. The Balaban J connectivity index is 1.08. The monoisotopic (exact) mass is 545 g/mol. The molecule has 0 amide bonds. The van der Waals surface area contributed by atoms with Gasteiger partial charge in [0, 0.05) is 45.1 Å². The van der Waals surface area contributed by atoms with Crippen LogP contribution in [0.15, 0.2) is 41.1 Å². The molecule has 6 atom stereocenters. The fraction of sp³-hybridized carbons (Fsp3) is 0.676. The number of allylic oxidation sites excluding steroid dienone is 1. The Labute approximate surface area is 240 Å². The van der Waals surface area contributed by atoms with E-state index in [0.29, 0.717) is 35.5 Å².